The van der Waals surface area contributed by atoms with Gasteiger partial charge in [-0.25, -0.2) is 0 Å². The molecule has 0 aromatic heterocycles. The number of alkyl halides is 3. The summed E-state index contributed by atoms with van der Waals surface area (Å²) in [5, 5.41) is -1.69. The topological polar surface area (TPSA) is 0 Å². The van der Waals surface area contributed by atoms with Gasteiger partial charge in [-0.05, 0) is 12.5 Å². The summed E-state index contributed by atoms with van der Waals surface area (Å²) in [7, 11) is 0. The summed E-state index contributed by atoms with van der Waals surface area (Å²) in [5.41, 5.74) is 1.12. The molecule has 0 spiro atoms. The van der Waals surface area contributed by atoms with Gasteiger partial charge in [0.15, 0.2) is 0 Å². The molecule has 0 amide bonds. The van der Waals surface area contributed by atoms with Gasteiger partial charge in [-0.15, -0.1) is 0 Å². The van der Waals surface area contributed by atoms with Crippen LogP contribution in [0.25, 0.3) is 0 Å². The van der Waals surface area contributed by atoms with Crippen molar-refractivity contribution in [2.24, 2.45) is 0 Å². The Morgan fingerprint density at radius 2 is 1.62 bits per heavy atom. The van der Waals surface area contributed by atoms with Gasteiger partial charge in [0.2, 0.25) is 0 Å². The third kappa shape index (κ3) is 2.66. The maximum Gasteiger partial charge on any atom is 0.404 e. The molecule has 4 heteroatoms. The van der Waals surface area contributed by atoms with E-state index >= 15 is 0 Å². The van der Waals surface area contributed by atoms with Crippen LogP contribution in [0.5, 0.6) is 0 Å². The van der Waals surface area contributed by atoms with Crippen molar-refractivity contribution in [1.82, 2.24) is 0 Å². The van der Waals surface area contributed by atoms with E-state index in [1.165, 1.54) is 12.1 Å². The Labute approximate surface area is 80.2 Å². The van der Waals surface area contributed by atoms with Crippen molar-refractivity contribution < 1.29 is 13.2 Å². The molecule has 0 saturated heterocycles. The van der Waals surface area contributed by atoms with Crippen LogP contribution in [-0.2, 0) is 0 Å². The number of aryl methyl sites for hydroxylation is 1. The van der Waals surface area contributed by atoms with Crippen molar-refractivity contribution in [1.29, 1.82) is 0 Å². The van der Waals surface area contributed by atoms with Crippen molar-refractivity contribution in [2.45, 2.75) is 18.3 Å². The Morgan fingerprint density at radius 3 is 2.00 bits per heavy atom. The molecular formula is C9H9F3S. The second-order valence-corrected chi connectivity index (χ2v) is 3.37. The molecule has 0 heterocycles. The van der Waals surface area contributed by atoms with E-state index in [0.717, 1.165) is 5.56 Å². The van der Waals surface area contributed by atoms with Crippen molar-refractivity contribution in [3.8, 4) is 0 Å². The van der Waals surface area contributed by atoms with Crippen molar-refractivity contribution in [3.05, 3.63) is 35.4 Å². The van der Waals surface area contributed by atoms with Gasteiger partial charge >= 0.3 is 6.18 Å². The van der Waals surface area contributed by atoms with E-state index < -0.39 is 11.4 Å². The van der Waals surface area contributed by atoms with Crippen LogP contribution in [-0.4, -0.2) is 6.18 Å². The van der Waals surface area contributed by atoms with Gasteiger partial charge < -0.3 is 0 Å². The standard InChI is InChI=1S/C9H9F3S/c1-6-2-4-7(5-3-6)8(13)9(10,11)12/h2-5,8,13H,1H3. The lowest BCUT2D eigenvalue weighted by molar-refractivity contribution is -0.129. The smallest absolute Gasteiger partial charge is 0.169 e. The molecule has 0 bridgehead atoms. The molecule has 72 valence electrons. The molecule has 1 unspecified atom stereocenters. The van der Waals surface area contributed by atoms with E-state index in [0.29, 0.717) is 0 Å². The summed E-state index contributed by atoms with van der Waals surface area (Å²) >= 11 is 3.51. The third-order valence-corrected chi connectivity index (χ3v) is 2.29. The zero-order valence-corrected chi connectivity index (χ0v) is 7.86. The SMILES string of the molecule is Cc1ccc(C(S)C(F)(F)F)cc1. The molecule has 13 heavy (non-hydrogen) atoms. The summed E-state index contributed by atoms with van der Waals surface area (Å²) in [6.07, 6.45) is -4.28. The van der Waals surface area contributed by atoms with Crippen molar-refractivity contribution >= 4 is 12.6 Å². The average Bonchev–Trinajstić information content (AvgIpc) is 2.03. The summed E-state index contributed by atoms with van der Waals surface area (Å²) in [6.45, 7) is 1.82. The van der Waals surface area contributed by atoms with Crippen molar-refractivity contribution in [2.75, 3.05) is 0 Å². The van der Waals surface area contributed by atoms with Crippen LogP contribution in [0.2, 0.25) is 0 Å². The molecule has 0 radical (unpaired) electrons. The maximum atomic E-state index is 12.2. The van der Waals surface area contributed by atoms with Gasteiger partial charge in [-0.3, -0.25) is 0 Å². The van der Waals surface area contributed by atoms with Crippen LogP contribution in [0.1, 0.15) is 16.4 Å². The van der Waals surface area contributed by atoms with Gasteiger partial charge in [0.05, 0.1) is 0 Å². The molecule has 1 aromatic carbocycles. The summed E-state index contributed by atoms with van der Waals surface area (Å²) < 4.78 is 36.5. The number of halogens is 3. The molecular weight excluding hydrogens is 197 g/mol. The fourth-order valence-corrected chi connectivity index (χ4v) is 1.11. The van der Waals surface area contributed by atoms with Crippen LogP contribution >= 0.6 is 12.6 Å². The second-order valence-electron chi connectivity index (χ2n) is 2.85. The predicted octanol–water partition coefficient (Wildman–Crippen LogP) is 3.53. The lowest BCUT2D eigenvalue weighted by Crippen LogP contribution is -2.15. The highest BCUT2D eigenvalue weighted by Gasteiger charge is 2.37. The molecule has 0 aliphatic heterocycles. The molecule has 1 atom stereocenters. The normalized spacial score (nSPS) is 14.2. The average molecular weight is 206 g/mol. The first-order valence-electron chi connectivity index (χ1n) is 3.72. The molecule has 1 aromatic rings. The molecule has 0 nitrogen and oxygen atoms in total. The van der Waals surface area contributed by atoms with Crippen LogP contribution in [0, 0.1) is 6.92 Å². The van der Waals surface area contributed by atoms with Gasteiger partial charge in [0.25, 0.3) is 0 Å². The summed E-state index contributed by atoms with van der Waals surface area (Å²) in [6, 6.07) is 6.18. The fraction of sp³-hybridized carbons (Fsp3) is 0.333. The van der Waals surface area contributed by atoms with E-state index in [4.69, 9.17) is 0 Å². The van der Waals surface area contributed by atoms with E-state index in [1.807, 2.05) is 6.92 Å². The van der Waals surface area contributed by atoms with Gasteiger partial charge in [0.1, 0.15) is 5.25 Å². The van der Waals surface area contributed by atoms with E-state index in [1.54, 1.807) is 12.1 Å². The third-order valence-electron chi connectivity index (χ3n) is 1.70. The number of benzene rings is 1. The zero-order chi connectivity index (χ0) is 10.1. The fourth-order valence-electron chi connectivity index (χ4n) is 0.938. The minimum atomic E-state index is -4.28. The van der Waals surface area contributed by atoms with Gasteiger partial charge in [-0.2, -0.15) is 25.8 Å². The Bertz CT molecular complexity index is 276. The first-order valence-corrected chi connectivity index (χ1v) is 4.24. The highest BCUT2D eigenvalue weighted by atomic mass is 32.1. The van der Waals surface area contributed by atoms with E-state index in [9.17, 15) is 13.2 Å². The first kappa shape index (κ1) is 10.4. The molecule has 0 fully saturated rings. The largest absolute Gasteiger partial charge is 0.404 e. The minimum absolute atomic E-state index is 0.182. The second kappa shape index (κ2) is 3.62. The molecule has 0 aliphatic rings. The number of rotatable bonds is 1. The van der Waals surface area contributed by atoms with Crippen LogP contribution in [0.4, 0.5) is 13.2 Å². The zero-order valence-electron chi connectivity index (χ0n) is 6.97. The highest BCUT2D eigenvalue weighted by Crippen LogP contribution is 2.37. The first-order chi connectivity index (χ1) is 5.91. The van der Waals surface area contributed by atoms with Crippen LogP contribution < -0.4 is 0 Å². The maximum absolute atomic E-state index is 12.2. The van der Waals surface area contributed by atoms with E-state index in [2.05, 4.69) is 12.6 Å². The summed E-state index contributed by atoms with van der Waals surface area (Å²) in [5.74, 6) is 0. The quantitative estimate of drug-likeness (QED) is 0.668. The van der Waals surface area contributed by atoms with Gasteiger partial charge in [-0.1, -0.05) is 29.8 Å². The number of hydrogen-bond donors (Lipinski definition) is 1. The molecule has 0 saturated carbocycles. The molecule has 1 rings (SSSR count). The molecule has 0 aliphatic carbocycles. The van der Waals surface area contributed by atoms with Crippen LogP contribution in [0.3, 0.4) is 0 Å². The minimum Gasteiger partial charge on any atom is -0.169 e. The number of thiol groups is 1. The molecule has 0 N–H and O–H groups in total. The Kier molecular flexibility index (Phi) is 2.91. The monoisotopic (exact) mass is 206 g/mol. The highest BCUT2D eigenvalue weighted by molar-refractivity contribution is 7.80. The Morgan fingerprint density at radius 1 is 1.15 bits per heavy atom. The van der Waals surface area contributed by atoms with E-state index in [-0.39, 0.29) is 5.56 Å². The Hall–Kier alpha value is -0.640. The summed E-state index contributed by atoms with van der Waals surface area (Å²) in [4.78, 5) is 0. The Balaban J connectivity index is 2.90. The predicted molar refractivity (Wildman–Crippen MR) is 49.0 cm³/mol. The lowest BCUT2D eigenvalue weighted by atomic mass is 10.1. The van der Waals surface area contributed by atoms with Gasteiger partial charge in [0, 0.05) is 0 Å². The van der Waals surface area contributed by atoms with Crippen LogP contribution in [0.15, 0.2) is 24.3 Å². The number of hydrogen-bond acceptors (Lipinski definition) is 1. The van der Waals surface area contributed by atoms with Crippen molar-refractivity contribution in [3.63, 3.8) is 0 Å². The lowest BCUT2D eigenvalue weighted by Gasteiger charge is -2.14.